The standard InChI is InChI=1S/C17H28FN/c1-6-13(7-2)16(19-8-3)17(4,5)14-9-11-15(18)12-10-14/h9-13,16,19H,6-8H2,1-5H3. The Morgan fingerprint density at radius 1 is 1.05 bits per heavy atom. The molecule has 1 rings (SSSR count). The zero-order chi connectivity index (χ0) is 14.5. The Morgan fingerprint density at radius 3 is 2.00 bits per heavy atom. The van der Waals surface area contributed by atoms with Crippen LogP contribution in [0.5, 0.6) is 0 Å². The van der Waals surface area contributed by atoms with E-state index in [1.165, 1.54) is 18.4 Å². The molecule has 0 aliphatic carbocycles. The van der Waals surface area contributed by atoms with Crippen molar-refractivity contribution in [1.29, 1.82) is 0 Å². The van der Waals surface area contributed by atoms with Gasteiger partial charge in [-0.15, -0.1) is 0 Å². The Morgan fingerprint density at radius 2 is 1.58 bits per heavy atom. The zero-order valence-electron chi connectivity index (χ0n) is 13.0. The number of nitrogens with one attached hydrogen (secondary N) is 1. The molecule has 108 valence electrons. The van der Waals surface area contributed by atoms with Crippen LogP contribution in [0.15, 0.2) is 24.3 Å². The summed E-state index contributed by atoms with van der Waals surface area (Å²) in [6.45, 7) is 12.1. The molecule has 1 N–H and O–H groups in total. The number of likely N-dealkylation sites (N-methyl/N-ethyl adjacent to an activating group) is 1. The lowest BCUT2D eigenvalue weighted by molar-refractivity contribution is 0.235. The van der Waals surface area contributed by atoms with Crippen molar-refractivity contribution in [1.82, 2.24) is 5.32 Å². The first kappa shape index (κ1) is 16.2. The number of halogens is 1. The molecule has 0 saturated heterocycles. The van der Waals surface area contributed by atoms with Gasteiger partial charge in [0.2, 0.25) is 0 Å². The monoisotopic (exact) mass is 265 g/mol. The number of benzene rings is 1. The zero-order valence-corrected chi connectivity index (χ0v) is 13.0. The van der Waals surface area contributed by atoms with Crippen molar-refractivity contribution in [3.8, 4) is 0 Å². The van der Waals surface area contributed by atoms with E-state index in [0.29, 0.717) is 12.0 Å². The van der Waals surface area contributed by atoms with E-state index in [0.717, 1.165) is 6.54 Å². The molecule has 1 aromatic rings. The van der Waals surface area contributed by atoms with Gasteiger partial charge in [0.25, 0.3) is 0 Å². The largest absolute Gasteiger partial charge is 0.313 e. The third-order valence-electron chi connectivity index (χ3n) is 4.31. The third kappa shape index (κ3) is 3.79. The van der Waals surface area contributed by atoms with Crippen LogP contribution in [0.25, 0.3) is 0 Å². The summed E-state index contributed by atoms with van der Waals surface area (Å²) in [7, 11) is 0. The summed E-state index contributed by atoms with van der Waals surface area (Å²) in [4.78, 5) is 0. The maximum Gasteiger partial charge on any atom is 0.123 e. The molecule has 0 aromatic heterocycles. The molecule has 0 radical (unpaired) electrons. The Balaban J connectivity index is 3.07. The quantitative estimate of drug-likeness (QED) is 0.764. The molecule has 0 bridgehead atoms. The topological polar surface area (TPSA) is 12.0 Å². The van der Waals surface area contributed by atoms with Crippen molar-refractivity contribution in [3.05, 3.63) is 35.6 Å². The van der Waals surface area contributed by atoms with Crippen molar-refractivity contribution in [2.24, 2.45) is 5.92 Å². The summed E-state index contributed by atoms with van der Waals surface area (Å²) in [5.74, 6) is 0.474. The molecular weight excluding hydrogens is 237 g/mol. The minimum atomic E-state index is -0.165. The highest BCUT2D eigenvalue weighted by molar-refractivity contribution is 5.27. The van der Waals surface area contributed by atoms with Crippen LogP contribution in [0, 0.1) is 11.7 Å². The fourth-order valence-electron chi connectivity index (χ4n) is 3.05. The highest BCUT2D eigenvalue weighted by Crippen LogP contribution is 2.33. The van der Waals surface area contributed by atoms with E-state index in [9.17, 15) is 4.39 Å². The first-order valence-corrected chi connectivity index (χ1v) is 7.46. The summed E-state index contributed by atoms with van der Waals surface area (Å²) >= 11 is 0. The van der Waals surface area contributed by atoms with Crippen LogP contribution in [0.4, 0.5) is 4.39 Å². The molecule has 0 fully saturated rings. The van der Waals surface area contributed by atoms with Gasteiger partial charge in [-0.3, -0.25) is 0 Å². The normalized spacial score (nSPS) is 13.8. The second kappa shape index (κ2) is 7.04. The van der Waals surface area contributed by atoms with Gasteiger partial charge in [-0.1, -0.05) is 59.6 Å². The molecule has 19 heavy (non-hydrogen) atoms. The first-order chi connectivity index (χ1) is 8.97. The van der Waals surface area contributed by atoms with Crippen LogP contribution >= 0.6 is 0 Å². The second-order valence-corrected chi connectivity index (χ2v) is 5.84. The van der Waals surface area contributed by atoms with E-state index in [1.54, 1.807) is 12.1 Å². The fraction of sp³-hybridized carbons (Fsp3) is 0.647. The molecule has 1 atom stereocenters. The lowest BCUT2D eigenvalue weighted by Gasteiger charge is -2.40. The molecule has 0 aliphatic heterocycles. The second-order valence-electron chi connectivity index (χ2n) is 5.84. The van der Waals surface area contributed by atoms with E-state index >= 15 is 0 Å². The van der Waals surface area contributed by atoms with Crippen LogP contribution in [0.3, 0.4) is 0 Å². The molecule has 1 aromatic carbocycles. The van der Waals surface area contributed by atoms with Crippen molar-refractivity contribution in [2.45, 2.75) is 58.9 Å². The van der Waals surface area contributed by atoms with Crippen LogP contribution in [-0.2, 0) is 5.41 Å². The number of hydrogen-bond donors (Lipinski definition) is 1. The smallest absolute Gasteiger partial charge is 0.123 e. The molecule has 2 heteroatoms. The molecular formula is C17H28FN. The average Bonchev–Trinajstić information content (AvgIpc) is 2.39. The Labute approximate surface area is 117 Å². The summed E-state index contributed by atoms with van der Waals surface area (Å²) in [6.07, 6.45) is 2.33. The minimum absolute atomic E-state index is 0.000394. The molecule has 0 heterocycles. The Bertz CT molecular complexity index is 365. The predicted molar refractivity (Wildman–Crippen MR) is 81.0 cm³/mol. The van der Waals surface area contributed by atoms with Crippen molar-refractivity contribution >= 4 is 0 Å². The van der Waals surface area contributed by atoms with Crippen molar-refractivity contribution in [3.63, 3.8) is 0 Å². The fourth-order valence-corrected chi connectivity index (χ4v) is 3.05. The van der Waals surface area contributed by atoms with E-state index < -0.39 is 0 Å². The van der Waals surface area contributed by atoms with Gasteiger partial charge >= 0.3 is 0 Å². The van der Waals surface area contributed by atoms with Gasteiger partial charge < -0.3 is 5.32 Å². The third-order valence-corrected chi connectivity index (χ3v) is 4.31. The van der Waals surface area contributed by atoms with Gasteiger partial charge in [0.15, 0.2) is 0 Å². The van der Waals surface area contributed by atoms with Crippen LogP contribution in [0.2, 0.25) is 0 Å². The van der Waals surface area contributed by atoms with Gasteiger partial charge in [-0.05, 0) is 30.2 Å². The molecule has 0 saturated carbocycles. The Hall–Kier alpha value is -0.890. The molecule has 1 nitrogen and oxygen atoms in total. The molecule has 1 unspecified atom stereocenters. The molecule has 0 amide bonds. The SMILES string of the molecule is CCNC(C(CC)CC)C(C)(C)c1ccc(F)cc1. The number of hydrogen-bond acceptors (Lipinski definition) is 1. The van der Waals surface area contributed by atoms with Crippen LogP contribution in [0.1, 0.15) is 53.0 Å². The van der Waals surface area contributed by atoms with Gasteiger partial charge in [0.1, 0.15) is 5.82 Å². The summed E-state index contributed by atoms with van der Waals surface area (Å²) in [6, 6.07) is 7.38. The van der Waals surface area contributed by atoms with Gasteiger partial charge in [-0.2, -0.15) is 0 Å². The van der Waals surface area contributed by atoms with Gasteiger partial charge in [-0.25, -0.2) is 4.39 Å². The minimum Gasteiger partial charge on any atom is -0.313 e. The summed E-state index contributed by atoms with van der Waals surface area (Å²) < 4.78 is 13.1. The van der Waals surface area contributed by atoms with Gasteiger partial charge in [0.05, 0.1) is 0 Å². The van der Waals surface area contributed by atoms with E-state index in [1.807, 2.05) is 12.1 Å². The van der Waals surface area contributed by atoms with Crippen LogP contribution in [-0.4, -0.2) is 12.6 Å². The summed E-state index contributed by atoms with van der Waals surface area (Å²) in [5.41, 5.74) is 1.20. The molecule has 0 spiro atoms. The lowest BCUT2D eigenvalue weighted by Crippen LogP contribution is -2.49. The highest BCUT2D eigenvalue weighted by Gasteiger charge is 2.34. The van der Waals surface area contributed by atoms with Crippen molar-refractivity contribution < 1.29 is 4.39 Å². The van der Waals surface area contributed by atoms with E-state index in [-0.39, 0.29) is 11.2 Å². The van der Waals surface area contributed by atoms with E-state index in [4.69, 9.17) is 0 Å². The lowest BCUT2D eigenvalue weighted by atomic mass is 9.71. The predicted octanol–water partition coefficient (Wildman–Crippen LogP) is 4.52. The highest BCUT2D eigenvalue weighted by atomic mass is 19.1. The first-order valence-electron chi connectivity index (χ1n) is 7.46. The number of rotatable bonds is 7. The van der Waals surface area contributed by atoms with Crippen LogP contribution < -0.4 is 5.32 Å². The van der Waals surface area contributed by atoms with E-state index in [2.05, 4.69) is 39.9 Å². The maximum absolute atomic E-state index is 13.1. The molecule has 0 aliphatic rings. The summed E-state index contributed by atoms with van der Waals surface area (Å²) in [5, 5.41) is 3.64. The Kier molecular flexibility index (Phi) is 5.99. The maximum atomic E-state index is 13.1. The average molecular weight is 265 g/mol. The van der Waals surface area contributed by atoms with Gasteiger partial charge in [0, 0.05) is 11.5 Å². The van der Waals surface area contributed by atoms with Crippen molar-refractivity contribution in [2.75, 3.05) is 6.54 Å².